The van der Waals surface area contributed by atoms with Crippen molar-refractivity contribution in [3.05, 3.63) is 63.0 Å². The quantitative estimate of drug-likeness (QED) is 0.198. The van der Waals surface area contributed by atoms with E-state index in [1.54, 1.807) is 55.0 Å². The molecule has 0 fully saturated rings. The Labute approximate surface area is 238 Å². The average molecular weight is 600 g/mol. The van der Waals surface area contributed by atoms with Gasteiger partial charge in [0.15, 0.2) is 0 Å². The van der Waals surface area contributed by atoms with Crippen molar-refractivity contribution in [2.45, 2.75) is 13.8 Å². The molecular formula is C22H25Cl3N10O4. The Morgan fingerprint density at radius 2 is 1.33 bits per heavy atom. The van der Waals surface area contributed by atoms with Gasteiger partial charge in [-0.2, -0.15) is 15.2 Å². The van der Waals surface area contributed by atoms with Gasteiger partial charge in [-0.3, -0.25) is 9.36 Å². The van der Waals surface area contributed by atoms with Gasteiger partial charge in [-0.1, -0.05) is 11.6 Å². The number of carbonyl (C=O) groups excluding carboxylic acids is 2. The van der Waals surface area contributed by atoms with E-state index < -0.39 is 11.9 Å². The lowest BCUT2D eigenvalue weighted by atomic mass is 10.2. The van der Waals surface area contributed by atoms with Crippen LogP contribution in [0.4, 0.5) is 17.2 Å². The zero-order chi connectivity index (χ0) is 29.3. The number of halogens is 3. The van der Waals surface area contributed by atoms with Crippen LogP contribution in [-0.2, 0) is 23.6 Å². The van der Waals surface area contributed by atoms with E-state index in [4.69, 9.17) is 45.3 Å². The van der Waals surface area contributed by atoms with Gasteiger partial charge in [0.05, 0.1) is 49.4 Å². The Morgan fingerprint density at radius 1 is 0.821 bits per heavy atom. The number of nitrogens with two attached hydrogens (primary N) is 1. The average Bonchev–Trinajstić information content (AvgIpc) is 3.44. The first-order valence-electron chi connectivity index (χ1n) is 10.8. The number of ether oxygens (including phenoxy) is 2. The van der Waals surface area contributed by atoms with Crippen molar-refractivity contribution in [2.75, 3.05) is 25.3 Å². The fourth-order valence-corrected chi connectivity index (χ4v) is 3.64. The topological polar surface area (TPSA) is 178 Å². The van der Waals surface area contributed by atoms with Crippen molar-refractivity contribution in [3.8, 4) is 0 Å². The highest BCUT2D eigenvalue weighted by molar-refractivity contribution is 6.34. The number of esters is 2. The molecule has 14 nitrogen and oxygen atoms in total. The molecular weight excluding hydrogens is 575 g/mol. The zero-order valence-corrected chi connectivity index (χ0v) is 24.0. The predicted octanol–water partition coefficient (Wildman–Crippen LogP) is 3.58. The van der Waals surface area contributed by atoms with Crippen molar-refractivity contribution < 1.29 is 19.1 Å². The van der Waals surface area contributed by atoms with Crippen LogP contribution in [0.5, 0.6) is 0 Å². The summed E-state index contributed by atoms with van der Waals surface area (Å²) in [5.41, 5.74) is 7.92. The molecule has 0 aliphatic carbocycles. The SMILES string of the molecule is COC(=O)c1c(C)nc(Cl)nc1Cl.COC(=O)c1c(C)nc(Cl)nc1Nc1cnn(C)c1.Cn1cc(N)cn1. The Balaban J connectivity index is 0.000000229. The third-order valence-corrected chi connectivity index (χ3v) is 5.16. The molecule has 0 saturated carbocycles. The smallest absolute Gasteiger partial charge is 0.343 e. The second-order valence-electron chi connectivity index (χ2n) is 7.50. The number of hydrogen-bond donors (Lipinski definition) is 2. The summed E-state index contributed by atoms with van der Waals surface area (Å²) in [4.78, 5) is 38.2. The van der Waals surface area contributed by atoms with Gasteiger partial charge in [-0.25, -0.2) is 24.5 Å². The van der Waals surface area contributed by atoms with Gasteiger partial charge in [-0.15, -0.1) is 0 Å². The monoisotopic (exact) mass is 598 g/mol. The molecule has 0 bridgehead atoms. The van der Waals surface area contributed by atoms with Crippen LogP contribution in [0.3, 0.4) is 0 Å². The van der Waals surface area contributed by atoms with Crippen molar-refractivity contribution in [1.82, 2.24) is 39.5 Å². The van der Waals surface area contributed by atoms with E-state index in [1.165, 1.54) is 14.2 Å². The number of nitrogen functional groups attached to an aromatic ring is 1. The van der Waals surface area contributed by atoms with E-state index in [0.29, 0.717) is 22.8 Å². The molecule has 3 N–H and O–H groups in total. The van der Waals surface area contributed by atoms with Crippen LogP contribution in [0.15, 0.2) is 24.8 Å². The number of hydrogen-bond acceptors (Lipinski definition) is 12. The minimum Gasteiger partial charge on any atom is -0.465 e. The van der Waals surface area contributed by atoms with Crippen molar-refractivity contribution >= 4 is 63.9 Å². The second-order valence-corrected chi connectivity index (χ2v) is 8.54. The van der Waals surface area contributed by atoms with Crippen LogP contribution < -0.4 is 11.1 Å². The minimum absolute atomic E-state index is 0.00403. The Morgan fingerprint density at radius 3 is 1.77 bits per heavy atom. The maximum Gasteiger partial charge on any atom is 0.343 e. The molecule has 4 heterocycles. The lowest BCUT2D eigenvalue weighted by Gasteiger charge is -2.10. The molecule has 4 rings (SSSR count). The molecule has 0 atom stereocenters. The minimum atomic E-state index is -0.570. The first-order chi connectivity index (χ1) is 18.4. The molecule has 208 valence electrons. The number of nitrogens with one attached hydrogen (secondary N) is 1. The third-order valence-electron chi connectivity index (χ3n) is 4.55. The van der Waals surface area contributed by atoms with Crippen molar-refractivity contribution in [1.29, 1.82) is 0 Å². The summed E-state index contributed by atoms with van der Waals surface area (Å²) in [7, 11) is 6.16. The fourth-order valence-electron chi connectivity index (χ4n) is 2.88. The summed E-state index contributed by atoms with van der Waals surface area (Å²) in [6.07, 6.45) is 6.71. The normalized spacial score (nSPS) is 9.97. The lowest BCUT2D eigenvalue weighted by Crippen LogP contribution is -2.11. The molecule has 0 spiro atoms. The van der Waals surface area contributed by atoms with Crippen LogP contribution in [0.1, 0.15) is 32.1 Å². The molecule has 0 aliphatic rings. The van der Waals surface area contributed by atoms with Crippen LogP contribution in [0.25, 0.3) is 0 Å². The highest BCUT2D eigenvalue weighted by Gasteiger charge is 2.20. The molecule has 0 radical (unpaired) electrons. The molecule has 0 amide bonds. The first-order valence-corrected chi connectivity index (χ1v) is 11.9. The maximum atomic E-state index is 11.8. The van der Waals surface area contributed by atoms with Crippen molar-refractivity contribution in [3.63, 3.8) is 0 Å². The fraction of sp³-hybridized carbons (Fsp3) is 0.273. The predicted molar refractivity (Wildman–Crippen MR) is 145 cm³/mol. The standard InChI is InChI=1S/C11H12ClN5O2.C7H6Cl2N2O2.C4H7N3/c1-6-8(10(18)19-3)9(16-11(12)14-6)15-7-4-13-17(2)5-7;1-3-4(6(12)13-2)5(8)11-7(9)10-3;1-7-3-4(5)2-6-7/h4-5H,1-3H3,(H,14,15,16);1-2H3;2-3H,5H2,1H3. The van der Waals surface area contributed by atoms with E-state index in [9.17, 15) is 9.59 Å². The highest BCUT2D eigenvalue weighted by atomic mass is 35.5. The Hall–Kier alpha value is -4.01. The molecule has 39 heavy (non-hydrogen) atoms. The molecule has 0 saturated heterocycles. The zero-order valence-electron chi connectivity index (χ0n) is 21.7. The molecule has 0 unspecified atom stereocenters. The van der Waals surface area contributed by atoms with E-state index in [1.807, 2.05) is 7.05 Å². The maximum absolute atomic E-state index is 11.8. The van der Waals surface area contributed by atoms with Gasteiger partial charge in [0, 0.05) is 26.5 Å². The van der Waals surface area contributed by atoms with Gasteiger partial charge >= 0.3 is 11.9 Å². The number of aromatic nitrogens is 8. The number of methoxy groups -OCH3 is 2. The number of nitrogens with zero attached hydrogens (tertiary/aromatic N) is 8. The summed E-state index contributed by atoms with van der Waals surface area (Å²) in [6, 6.07) is 0. The van der Waals surface area contributed by atoms with E-state index in [2.05, 4.69) is 40.2 Å². The lowest BCUT2D eigenvalue weighted by molar-refractivity contribution is 0.0590. The van der Waals surface area contributed by atoms with Gasteiger partial charge in [0.1, 0.15) is 22.1 Å². The second kappa shape index (κ2) is 14.2. The first kappa shape index (κ1) is 31.2. The molecule has 17 heteroatoms. The number of carbonyl (C=O) groups is 2. The highest BCUT2D eigenvalue weighted by Crippen LogP contribution is 2.23. The molecule has 4 aromatic rings. The molecule has 0 aromatic carbocycles. The summed E-state index contributed by atoms with van der Waals surface area (Å²) in [5, 5.41) is 10.9. The van der Waals surface area contributed by atoms with Crippen molar-refractivity contribution in [2.24, 2.45) is 14.1 Å². The summed E-state index contributed by atoms with van der Waals surface area (Å²) < 4.78 is 12.5. The van der Waals surface area contributed by atoms with E-state index in [-0.39, 0.29) is 32.7 Å². The number of anilines is 3. The van der Waals surface area contributed by atoms with E-state index in [0.717, 1.165) is 0 Å². The largest absolute Gasteiger partial charge is 0.465 e. The molecule has 4 aromatic heterocycles. The van der Waals surface area contributed by atoms with E-state index >= 15 is 0 Å². The van der Waals surface area contributed by atoms with Gasteiger partial charge in [-0.05, 0) is 37.0 Å². The third kappa shape index (κ3) is 9.05. The summed E-state index contributed by atoms with van der Waals surface area (Å²) >= 11 is 17.0. The van der Waals surface area contributed by atoms with Crippen LogP contribution in [0.2, 0.25) is 15.7 Å². The number of aryl methyl sites for hydroxylation is 4. The Kier molecular flexibility index (Phi) is 11.4. The number of rotatable bonds is 4. The summed E-state index contributed by atoms with van der Waals surface area (Å²) in [5.74, 6) is -0.808. The van der Waals surface area contributed by atoms with Gasteiger partial charge < -0.3 is 20.5 Å². The summed E-state index contributed by atoms with van der Waals surface area (Å²) in [6.45, 7) is 3.26. The molecule has 0 aliphatic heterocycles. The van der Waals surface area contributed by atoms with Gasteiger partial charge in [0.25, 0.3) is 0 Å². The Bertz CT molecular complexity index is 1420. The van der Waals surface area contributed by atoms with Crippen LogP contribution in [-0.4, -0.2) is 65.7 Å². The van der Waals surface area contributed by atoms with Gasteiger partial charge in [0.2, 0.25) is 10.6 Å². The van der Waals surface area contributed by atoms with Crippen LogP contribution >= 0.6 is 34.8 Å². The van der Waals surface area contributed by atoms with Crippen LogP contribution in [0, 0.1) is 13.8 Å².